The summed E-state index contributed by atoms with van der Waals surface area (Å²) >= 11 is 0. The minimum absolute atomic E-state index is 0.252. The fourth-order valence-electron chi connectivity index (χ4n) is 4.28. The van der Waals surface area contributed by atoms with Crippen molar-refractivity contribution in [1.82, 2.24) is 4.90 Å². The monoisotopic (exact) mass is 349 g/mol. The van der Waals surface area contributed by atoms with Crippen LogP contribution in [-0.2, 0) is 6.42 Å². The number of hydrogen-bond donors (Lipinski definition) is 1. The molecule has 0 bridgehead atoms. The number of hydrogen-bond acceptors (Lipinski definition) is 2. The number of rotatable bonds is 5. The average molecular weight is 350 g/mol. The summed E-state index contributed by atoms with van der Waals surface area (Å²) in [4.78, 5) is 2.21. The zero-order chi connectivity index (χ0) is 18.6. The van der Waals surface area contributed by atoms with Crippen molar-refractivity contribution in [2.24, 2.45) is 5.92 Å². The van der Waals surface area contributed by atoms with E-state index in [1.165, 1.54) is 22.3 Å². The Morgan fingerprint density at radius 2 is 1.88 bits per heavy atom. The molecule has 1 aliphatic rings. The highest BCUT2D eigenvalue weighted by atomic mass is 16.3. The van der Waals surface area contributed by atoms with E-state index in [-0.39, 0.29) is 5.92 Å². The first-order valence-corrected chi connectivity index (χ1v) is 9.66. The number of aliphatic hydroxyl groups is 1. The van der Waals surface area contributed by atoms with Crippen molar-refractivity contribution in [3.05, 3.63) is 76.9 Å². The molecule has 2 heteroatoms. The van der Waals surface area contributed by atoms with Gasteiger partial charge in [0.2, 0.25) is 0 Å². The van der Waals surface area contributed by atoms with Gasteiger partial charge in [0.1, 0.15) is 0 Å². The number of nitrogens with zero attached hydrogens (tertiary/aromatic N) is 1. The Balaban J connectivity index is 1.99. The molecule has 1 N–H and O–H groups in total. The SMILES string of the molecule is Cc1cccc(CC2(O)/C(=C/c3ccccc3)CCCC2CN(C)C)c1. The summed E-state index contributed by atoms with van der Waals surface area (Å²) in [6, 6.07) is 19.0. The van der Waals surface area contributed by atoms with Crippen LogP contribution in [0.2, 0.25) is 0 Å². The van der Waals surface area contributed by atoms with Crippen LogP contribution in [0, 0.1) is 12.8 Å². The van der Waals surface area contributed by atoms with Gasteiger partial charge in [-0.3, -0.25) is 0 Å². The van der Waals surface area contributed by atoms with Crippen molar-refractivity contribution in [2.45, 2.75) is 38.2 Å². The molecule has 0 saturated heterocycles. The van der Waals surface area contributed by atoms with Gasteiger partial charge in [0.05, 0.1) is 5.60 Å². The maximum atomic E-state index is 12.0. The van der Waals surface area contributed by atoms with Crippen LogP contribution < -0.4 is 0 Å². The Morgan fingerprint density at radius 3 is 2.58 bits per heavy atom. The molecule has 0 heterocycles. The van der Waals surface area contributed by atoms with E-state index in [4.69, 9.17) is 0 Å². The Hall–Kier alpha value is -1.90. The van der Waals surface area contributed by atoms with E-state index in [0.717, 1.165) is 25.8 Å². The molecule has 0 radical (unpaired) electrons. The lowest BCUT2D eigenvalue weighted by Crippen LogP contribution is -2.48. The van der Waals surface area contributed by atoms with Crippen molar-refractivity contribution in [3.63, 3.8) is 0 Å². The lowest BCUT2D eigenvalue weighted by Gasteiger charge is -2.43. The summed E-state index contributed by atoms with van der Waals surface area (Å²) < 4.78 is 0. The third-order valence-corrected chi connectivity index (χ3v) is 5.51. The second-order valence-electron chi connectivity index (χ2n) is 8.02. The molecule has 2 aromatic rings. The van der Waals surface area contributed by atoms with Gasteiger partial charge in [-0.2, -0.15) is 0 Å². The third kappa shape index (κ3) is 4.44. The van der Waals surface area contributed by atoms with E-state index in [1.54, 1.807) is 0 Å². The molecule has 2 nitrogen and oxygen atoms in total. The van der Waals surface area contributed by atoms with Crippen LogP contribution in [0.15, 0.2) is 60.2 Å². The Kier molecular flexibility index (Phi) is 5.95. The molecule has 2 atom stereocenters. The van der Waals surface area contributed by atoms with Gasteiger partial charge in [0.15, 0.2) is 0 Å². The number of aryl methyl sites for hydroxylation is 1. The predicted octanol–water partition coefficient (Wildman–Crippen LogP) is 4.71. The summed E-state index contributed by atoms with van der Waals surface area (Å²) in [6.45, 7) is 3.03. The van der Waals surface area contributed by atoms with Crippen LogP contribution in [0.1, 0.15) is 36.0 Å². The molecule has 1 aliphatic carbocycles. The van der Waals surface area contributed by atoms with E-state index in [0.29, 0.717) is 6.42 Å². The summed E-state index contributed by atoms with van der Waals surface area (Å²) in [5.74, 6) is 0.252. The smallest absolute Gasteiger partial charge is 0.0940 e. The molecular weight excluding hydrogens is 318 g/mol. The standard InChI is InChI=1S/C24H31NO/c1-19-9-7-12-21(15-19)17-24(26)22(16-20-10-5-4-6-11-20)13-8-14-23(24)18-25(2)3/h4-7,9-12,15-16,23,26H,8,13-14,17-18H2,1-3H3/b22-16+. The quantitative estimate of drug-likeness (QED) is 0.845. The highest BCUT2D eigenvalue weighted by Crippen LogP contribution is 2.41. The van der Waals surface area contributed by atoms with Crippen LogP contribution in [-0.4, -0.2) is 36.2 Å². The first kappa shape index (κ1) is 18.9. The van der Waals surface area contributed by atoms with Crippen LogP contribution in [0.25, 0.3) is 6.08 Å². The van der Waals surface area contributed by atoms with E-state index in [9.17, 15) is 5.11 Å². The lowest BCUT2D eigenvalue weighted by atomic mass is 9.68. The maximum absolute atomic E-state index is 12.0. The Bertz CT molecular complexity index is 750. The second kappa shape index (κ2) is 8.20. The first-order valence-electron chi connectivity index (χ1n) is 9.66. The minimum atomic E-state index is -0.786. The lowest BCUT2D eigenvalue weighted by molar-refractivity contribution is -0.0123. The average Bonchev–Trinajstić information content (AvgIpc) is 2.59. The fourth-order valence-corrected chi connectivity index (χ4v) is 4.28. The first-order chi connectivity index (χ1) is 12.5. The van der Waals surface area contributed by atoms with Gasteiger partial charge in [0.25, 0.3) is 0 Å². The van der Waals surface area contributed by atoms with Crippen molar-refractivity contribution in [3.8, 4) is 0 Å². The van der Waals surface area contributed by atoms with Crippen LogP contribution in [0.4, 0.5) is 0 Å². The van der Waals surface area contributed by atoms with Gasteiger partial charge in [-0.05, 0) is 57.0 Å². The van der Waals surface area contributed by atoms with Crippen molar-refractivity contribution in [2.75, 3.05) is 20.6 Å². The van der Waals surface area contributed by atoms with Gasteiger partial charge >= 0.3 is 0 Å². The molecular formula is C24H31NO. The van der Waals surface area contributed by atoms with Crippen LogP contribution >= 0.6 is 0 Å². The summed E-state index contributed by atoms with van der Waals surface area (Å²) in [6.07, 6.45) is 6.10. The van der Waals surface area contributed by atoms with E-state index < -0.39 is 5.60 Å². The summed E-state index contributed by atoms with van der Waals surface area (Å²) in [5.41, 5.74) is 4.04. The van der Waals surface area contributed by atoms with Gasteiger partial charge in [-0.15, -0.1) is 0 Å². The topological polar surface area (TPSA) is 23.5 Å². The van der Waals surface area contributed by atoms with Gasteiger partial charge in [0, 0.05) is 18.9 Å². The predicted molar refractivity (Wildman–Crippen MR) is 110 cm³/mol. The molecule has 2 unspecified atom stereocenters. The van der Waals surface area contributed by atoms with E-state index in [1.807, 2.05) is 6.07 Å². The van der Waals surface area contributed by atoms with E-state index in [2.05, 4.69) is 80.5 Å². The molecule has 3 rings (SSSR count). The highest BCUT2D eigenvalue weighted by molar-refractivity contribution is 5.56. The summed E-state index contributed by atoms with van der Waals surface area (Å²) in [5, 5.41) is 12.0. The van der Waals surface area contributed by atoms with Crippen molar-refractivity contribution in [1.29, 1.82) is 0 Å². The second-order valence-corrected chi connectivity index (χ2v) is 8.02. The molecule has 1 fully saturated rings. The molecule has 0 amide bonds. The molecule has 26 heavy (non-hydrogen) atoms. The largest absolute Gasteiger partial charge is 0.385 e. The van der Waals surface area contributed by atoms with Gasteiger partial charge in [-0.25, -0.2) is 0 Å². The molecule has 138 valence electrons. The normalized spacial score (nSPS) is 25.0. The number of benzene rings is 2. The minimum Gasteiger partial charge on any atom is -0.385 e. The molecule has 0 aliphatic heterocycles. The zero-order valence-corrected chi connectivity index (χ0v) is 16.3. The van der Waals surface area contributed by atoms with Crippen LogP contribution in [0.5, 0.6) is 0 Å². The molecule has 0 spiro atoms. The van der Waals surface area contributed by atoms with Crippen molar-refractivity contribution < 1.29 is 5.11 Å². The zero-order valence-electron chi connectivity index (χ0n) is 16.3. The van der Waals surface area contributed by atoms with Gasteiger partial charge < -0.3 is 10.0 Å². The Morgan fingerprint density at radius 1 is 1.12 bits per heavy atom. The maximum Gasteiger partial charge on any atom is 0.0940 e. The van der Waals surface area contributed by atoms with E-state index >= 15 is 0 Å². The summed E-state index contributed by atoms with van der Waals surface area (Å²) in [7, 11) is 4.20. The van der Waals surface area contributed by atoms with Crippen molar-refractivity contribution >= 4 is 6.08 Å². The molecule has 2 aromatic carbocycles. The van der Waals surface area contributed by atoms with Crippen LogP contribution in [0.3, 0.4) is 0 Å². The van der Waals surface area contributed by atoms with Gasteiger partial charge in [-0.1, -0.05) is 66.2 Å². The Labute approximate surface area is 158 Å². The molecule has 0 aromatic heterocycles. The molecule has 1 saturated carbocycles. The highest BCUT2D eigenvalue weighted by Gasteiger charge is 2.42. The third-order valence-electron chi connectivity index (χ3n) is 5.51. The fraction of sp³-hybridized carbons (Fsp3) is 0.417.